The molecule has 3 aromatic carbocycles. The zero-order valence-electron chi connectivity index (χ0n) is 17.8. The molecule has 0 heterocycles. The Labute approximate surface area is 183 Å². The van der Waals surface area contributed by atoms with Crippen LogP contribution in [0.2, 0.25) is 0 Å². The Morgan fingerprint density at radius 1 is 0.968 bits per heavy atom. The van der Waals surface area contributed by atoms with Crippen LogP contribution < -0.4 is 14.4 Å². The van der Waals surface area contributed by atoms with E-state index in [1.165, 1.54) is 11.4 Å². The summed E-state index contributed by atoms with van der Waals surface area (Å²) in [6, 6.07) is 20.4. The Morgan fingerprint density at radius 2 is 1.61 bits per heavy atom. The number of ether oxygens (including phenoxy) is 1. The number of benzene rings is 3. The first kappa shape index (κ1) is 22.4. The van der Waals surface area contributed by atoms with Gasteiger partial charge in [-0.2, -0.15) is 0 Å². The quantitative estimate of drug-likeness (QED) is 0.545. The zero-order valence-corrected chi connectivity index (χ0v) is 18.6. The summed E-state index contributed by atoms with van der Waals surface area (Å²) in [7, 11) is -2.20. The molecule has 31 heavy (non-hydrogen) atoms. The molecule has 0 aliphatic carbocycles. The van der Waals surface area contributed by atoms with Crippen molar-refractivity contribution < 1.29 is 17.9 Å². The number of sulfonamides is 1. The van der Waals surface area contributed by atoms with Crippen molar-refractivity contribution in [2.75, 3.05) is 23.3 Å². The van der Waals surface area contributed by atoms with Crippen LogP contribution >= 0.6 is 0 Å². The monoisotopic (exact) mass is 438 g/mol. The van der Waals surface area contributed by atoms with Crippen LogP contribution in [0.5, 0.6) is 5.75 Å². The van der Waals surface area contributed by atoms with E-state index in [1.807, 2.05) is 26.0 Å². The first-order chi connectivity index (χ1) is 14.8. The maximum Gasteiger partial charge on any atom is 0.264 e. The van der Waals surface area contributed by atoms with Gasteiger partial charge in [-0.3, -0.25) is 9.10 Å². The van der Waals surface area contributed by atoms with Crippen molar-refractivity contribution in [1.82, 2.24) is 0 Å². The molecule has 1 amide bonds. The van der Waals surface area contributed by atoms with Gasteiger partial charge in [-0.05, 0) is 61.9 Å². The summed E-state index contributed by atoms with van der Waals surface area (Å²) in [5.74, 6) is 0.307. The van der Waals surface area contributed by atoms with Crippen LogP contribution in [0.3, 0.4) is 0 Å². The highest BCUT2D eigenvalue weighted by Gasteiger charge is 2.21. The maximum absolute atomic E-state index is 12.9. The number of carbonyl (C=O) groups excluding carboxylic acids is 1. The van der Waals surface area contributed by atoms with Crippen LogP contribution in [0.4, 0.5) is 11.4 Å². The second-order valence-electron chi connectivity index (χ2n) is 7.13. The number of nitrogens with one attached hydrogen (secondary N) is 1. The lowest BCUT2D eigenvalue weighted by atomic mass is 10.2. The highest BCUT2D eigenvalue weighted by molar-refractivity contribution is 7.92. The van der Waals surface area contributed by atoms with Gasteiger partial charge in [0.25, 0.3) is 15.9 Å². The van der Waals surface area contributed by atoms with Crippen LogP contribution in [0.15, 0.2) is 77.7 Å². The Balaban J connectivity index is 1.75. The van der Waals surface area contributed by atoms with Gasteiger partial charge in [0.2, 0.25) is 0 Å². The van der Waals surface area contributed by atoms with Gasteiger partial charge in [-0.1, -0.05) is 36.8 Å². The van der Waals surface area contributed by atoms with Crippen LogP contribution in [0.25, 0.3) is 0 Å². The molecule has 1 N–H and O–H groups in total. The SMILES string of the molecule is CCCOc1ccccc1NC(=O)c1ccc(N(C)S(=O)(=O)c2ccc(C)cc2)cc1. The Bertz CT molecular complexity index is 1140. The molecule has 0 saturated heterocycles. The summed E-state index contributed by atoms with van der Waals surface area (Å²) in [4.78, 5) is 12.9. The lowest BCUT2D eigenvalue weighted by Gasteiger charge is -2.20. The lowest BCUT2D eigenvalue weighted by molar-refractivity contribution is 0.102. The third kappa shape index (κ3) is 5.24. The van der Waals surface area contributed by atoms with Gasteiger partial charge in [0.1, 0.15) is 5.75 Å². The number of hydrogen-bond acceptors (Lipinski definition) is 4. The number of aryl methyl sites for hydroxylation is 1. The van der Waals surface area contributed by atoms with Crippen molar-refractivity contribution in [2.45, 2.75) is 25.2 Å². The Kier molecular flexibility index (Phi) is 6.97. The third-order valence-corrected chi connectivity index (χ3v) is 6.57. The van der Waals surface area contributed by atoms with Gasteiger partial charge in [-0.15, -0.1) is 0 Å². The van der Waals surface area contributed by atoms with Crippen molar-refractivity contribution in [1.29, 1.82) is 0 Å². The van der Waals surface area contributed by atoms with E-state index in [0.717, 1.165) is 12.0 Å². The van der Waals surface area contributed by atoms with Gasteiger partial charge in [0.05, 0.1) is 22.9 Å². The molecule has 0 radical (unpaired) electrons. The first-order valence-corrected chi connectivity index (χ1v) is 11.5. The van der Waals surface area contributed by atoms with Crippen molar-refractivity contribution >= 4 is 27.3 Å². The third-order valence-electron chi connectivity index (χ3n) is 4.77. The lowest BCUT2D eigenvalue weighted by Crippen LogP contribution is -2.26. The second kappa shape index (κ2) is 9.66. The van der Waals surface area contributed by atoms with Crippen molar-refractivity contribution in [3.63, 3.8) is 0 Å². The van der Waals surface area contributed by atoms with Crippen LogP contribution in [0.1, 0.15) is 29.3 Å². The Morgan fingerprint density at radius 3 is 2.26 bits per heavy atom. The first-order valence-electron chi connectivity index (χ1n) is 10.0. The molecule has 0 atom stereocenters. The molecule has 7 heteroatoms. The summed E-state index contributed by atoms with van der Waals surface area (Å²) in [5, 5.41) is 2.85. The van der Waals surface area contributed by atoms with Crippen LogP contribution in [-0.4, -0.2) is 28.0 Å². The number of rotatable bonds is 8. The Hall–Kier alpha value is -3.32. The summed E-state index contributed by atoms with van der Waals surface area (Å²) in [6.07, 6.45) is 0.864. The molecule has 0 unspecified atom stereocenters. The minimum atomic E-state index is -3.69. The predicted molar refractivity (Wildman–Crippen MR) is 123 cm³/mol. The van der Waals surface area contributed by atoms with E-state index in [0.29, 0.717) is 29.3 Å². The molecule has 0 bridgehead atoms. The van der Waals surface area contributed by atoms with E-state index >= 15 is 0 Å². The molecule has 0 aromatic heterocycles. The molecule has 162 valence electrons. The summed E-state index contributed by atoms with van der Waals surface area (Å²) >= 11 is 0. The summed E-state index contributed by atoms with van der Waals surface area (Å²) in [5.41, 5.74) is 2.45. The van der Waals surface area contributed by atoms with E-state index in [2.05, 4.69) is 5.32 Å². The number of nitrogens with zero attached hydrogens (tertiary/aromatic N) is 1. The highest BCUT2D eigenvalue weighted by atomic mass is 32.2. The van der Waals surface area contributed by atoms with Crippen molar-refractivity contribution in [3.05, 3.63) is 83.9 Å². The van der Waals surface area contributed by atoms with Crippen molar-refractivity contribution in [3.8, 4) is 5.75 Å². The fraction of sp³-hybridized carbons (Fsp3) is 0.208. The van der Waals surface area contributed by atoms with Gasteiger partial charge in [-0.25, -0.2) is 8.42 Å². The topological polar surface area (TPSA) is 75.7 Å². The predicted octanol–water partition coefficient (Wildman–Crippen LogP) is 4.86. The molecular formula is C24H26N2O4S. The number of carbonyl (C=O) groups is 1. The summed E-state index contributed by atoms with van der Waals surface area (Å²) < 4.78 is 32.6. The average molecular weight is 439 g/mol. The van der Waals surface area contributed by atoms with E-state index in [-0.39, 0.29) is 10.8 Å². The molecular weight excluding hydrogens is 412 g/mol. The van der Waals surface area contributed by atoms with E-state index in [4.69, 9.17) is 4.74 Å². The molecule has 0 fully saturated rings. The van der Waals surface area contributed by atoms with Crippen LogP contribution in [0, 0.1) is 6.92 Å². The molecule has 0 spiro atoms. The molecule has 3 aromatic rings. The molecule has 6 nitrogen and oxygen atoms in total. The molecule has 0 aliphatic rings. The number of anilines is 2. The standard InChI is InChI=1S/C24H26N2O4S/c1-4-17-30-23-8-6-5-7-22(23)25-24(27)19-11-13-20(14-12-19)26(3)31(28,29)21-15-9-18(2)10-16-21/h5-16H,4,17H2,1-3H3,(H,25,27). The minimum absolute atomic E-state index is 0.214. The van der Waals surface area contributed by atoms with Gasteiger partial charge in [0, 0.05) is 12.6 Å². The molecule has 3 rings (SSSR count). The normalized spacial score (nSPS) is 11.1. The number of amides is 1. The fourth-order valence-corrected chi connectivity index (χ4v) is 4.13. The second-order valence-corrected chi connectivity index (χ2v) is 9.10. The van der Waals surface area contributed by atoms with Crippen molar-refractivity contribution in [2.24, 2.45) is 0 Å². The number of para-hydroxylation sites is 2. The fourth-order valence-electron chi connectivity index (χ4n) is 2.93. The van der Waals surface area contributed by atoms with E-state index < -0.39 is 10.0 Å². The van der Waals surface area contributed by atoms with Crippen LogP contribution in [-0.2, 0) is 10.0 Å². The smallest absolute Gasteiger partial charge is 0.264 e. The number of hydrogen-bond donors (Lipinski definition) is 1. The van der Waals surface area contributed by atoms with E-state index in [1.54, 1.807) is 60.7 Å². The van der Waals surface area contributed by atoms with E-state index in [9.17, 15) is 13.2 Å². The molecule has 0 saturated carbocycles. The van der Waals surface area contributed by atoms with Gasteiger partial charge in [0.15, 0.2) is 0 Å². The maximum atomic E-state index is 12.9. The minimum Gasteiger partial charge on any atom is -0.491 e. The molecule has 0 aliphatic heterocycles. The van der Waals surface area contributed by atoms with Gasteiger partial charge >= 0.3 is 0 Å². The zero-order chi connectivity index (χ0) is 22.4. The largest absolute Gasteiger partial charge is 0.491 e. The highest BCUT2D eigenvalue weighted by Crippen LogP contribution is 2.26. The average Bonchev–Trinajstić information content (AvgIpc) is 2.78. The van der Waals surface area contributed by atoms with Gasteiger partial charge < -0.3 is 10.1 Å². The summed E-state index contributed by atoms with van der Waals surface area (Å²) in [6.45, 7) is 4.47.